The number of aromatic nitrogens is 4. The summed E-state index contributed by atoms with van der Waals surface area (Å²) in [6.07, 6.45) is 3.64. The Balaban J connectivity index is 1.66. The smallest absolute Gasteiger partial charge is 0.257 e. The van der Waals surface area contributed by atoms with Crippen molar-refractivity contribution in [2.24, 2.45) is 0 Å². The normalized spacial score (nSPS) is 23.2. The van der Waals surface area contributed by atoms with Crippen LogP contribution in [0.4, 0.5) is 0 Å². The highest BCUT2D eigenvalue weighted by molar-refractivity contribution is 5.56. The lowest BCUT2D eigenvalue weighted by atomic mass is 10.2. The van der Waals surface area contributed by atoms with Crippen LogP contribution in [-0.2, 0) is 4.74 Å². The Bertz CT molecular complexity index is 786. The second-order valence-corrected chi connectivity index (χ2v) is 5.69. The van der Waals surface area contributed by atoms with Crippen molar-refractivity contribution < 1.29 is 9.26 Å². The minimum absolute atomic E-state index is 0.148. The number of imidazole rings is 1. The summed E-state index contributed by atoms with van der Waals surface area (Å²) < 4.78 is 13.3. The first-order valence-electron chi connectivity index (χ1n) is 7.31. The number of pyridine rings is 1. The number of fused-ring (bicyclic) bond motifs is 1. The third kappa shape index (κ3) is 2.28. The van der Waals surface area contributed by atoms with Gasteiger partial charge in [-0.1, -0.05) is 11.2 Å². The van der Waals surface area contributed by atoms with Gasteiger partial charge >= 0.3 is 0 Å². The lowest BCUT2D eigenvalue weighted by molar-refractivity contribution is -0.0838. The molecule has 0 amide bonds. The summed E-state index contributed by atoms with van der Waals surface area (Å²) in [5.41, 5.74) is 1.66. The van der Waals surface area contributed by atoms with Gasteiger partial charge in [0.25, 0.3) is 5.89 Å². The molecule has 1 fully saturated rings. The molecule has 1 aliphatic rings. The first-order chi connectivity index (χ1) is 10.7. The van der Waals surface area contributed by atoms with Crippen molar-refractivity contribution in [2.75, 3.05) is 20.1 Å². The van der Waals surface area contributed by atoms with Crippen molar-refractivity contribution in [2.45, 2.75) is 19.1 Å². The molecule has 0 N–H and O–H groups in total. The van der Waals surface area contributed by atoms with Gasteiger partial charge in [0.05, 0.1) is 12.3 Å². The van der Waals surface area contributed by atoms with Crippen LogP contribution in [0.1, 0.15) is 18.9 Å². The molecular weight excluding hydrogens is 282 g/mol. The predicted octanol–water partition coefficient (Wildman–Crippen LogP) is 1.78. The van der Waals surface area contributed by atoms with Crippen LogP contribution >= 0.6 is 0 Å². The quantitative estimate of drug-likeness (QED) is 0.718. The molecule has 7 nitrogen and oxygen atoms in total. The molecule has 0 saturated carbocycles. The van der Waals surface area contributed by atoms with Crippen molar-refractivity contribution in [1.82, 2.24) is 24.4 Å². The summed E-state index contributed by atoms with van der Waals surface area (Å²) in [4.78, 5) is 11.1. The van der Waals surface area contributed by atoms with Crippen LogP contribution in [0.3, 0.4) is 0 Å². The second kappa shape index (κ2) is 5.19. The van der Waals surface area contributed by atoms with E-state index in [0.29, 0.717) is 11.7 Å². The highest BCUT2D eigenvalue weighted by Gasteiger charge is 2.29. The average molecular weight is 299 g/mol. The molecule has 7 heteroatoms. The van der Waals surface area contributed by atoms with Gasteiger partial charge in [0.2, 0.25) is 5.82 Å². The molecule has 0 unspecified atom stereocenters. The van der Waals surface area contributed by atoms with Crippen molar-refractivity contribution in [3.8, 4) is 11.5 Å². The Labute approximate surface area is 127 Å². The third-order valence-corrected chi connectivity index (χ3v) is 3.81. The summed E-state index contributed by atoms with van der Waals surface area (Å²) in [6, 6.07) is 5.83. The van der Waals surface area contributed by atoms with Gasteiger partial charge in [-0.05, 0) is 26.1 Å². The third-order valence-electron chi connectivity index (χ3n) is 3.81. The molecule has 0 aromatic carbocycles. The maximum atomic E-state index is 5.90. The molecule has 22 heavy (non-hydrogen) atoms. The van der Waals surface area contributed by atoms with Crippen LogP contribution in [0.25, 0.3) is 17.2 Å². The monoisotopic (exact) mass is 299 g/mol. The van der Waals surface area contributed by atoms with Crippen LogP contribution in [0.2, 0.25) is 0 Å². The summed E-state index contributed by atoms with van der Waals surface area (Å²) in [7, 11) is 2.06. The van der Waals surface area contributed by atoms with Gasteiger partial charge in [-0.2, -0.15) is 4.98 Å². The fourth-order valence-corrected chi connectivity index (χ4v) is 2.87. The SMILES string of the molecule is C[C@@H]1CN(C)C[C@H](c2nc(-c3cnc4ccccn34)no2)O1. The molecule has 0 radical (unpaired) electrons. The van der Waals surface area contributed by atoms with Crippen LogP contribution in [0.15, 0.2) is 35.1 Å². The largest absolute Gasteiger partial charge is 0.363 e. The average Bonchev–Trinajstić information content (AvgIpc) is 3.12. The van der Waals surface area contributed by atoms with E-state index in [4.69, 9.17) is 9.26 Å². The first-order valence-corrected chi connectivity index (χ1v) is 7.31. The number of hydrogen-bond donors (Lipinski definition) is 0. The molecule has 0 bridgehead atoms. The summed E-state index contributed by atoms with van der Waals surface area (Å²) in [6.45, 7) is 3.70. The Morgan fingerprint density at radius 3 is 3.05 bits per heavy atom. The van der Waals surface area contributed by atoms with E-state index in [9.17, 15) is 0 Å². The highest BCUT2D eigenvalue weighted by Crippen LogP contribution is 2.25. The number of rotatable bonds is 2. The van der Waals surface area contributed by atoms with Crippen molar-refractivity contribution in [3.05, 3.63) is 36.5 Å². The van der Waals surface area contributed by atoms with E-state index in [1.165, 1.54) is 0 Å². The molecular formula is C15H17N5O2. The maximum Gasteiger partial charge on any atom is 0.257 e. The number of likely N-dealkylation sites (N-methyl/N-ethyl adjacent to an activating group) is 1. The summed E-state index contributed by atoms with van der Waals surface area (Å²) >= 11 is 0. The topological polar surface area (TPSA) is 68.7 Å². The van der Waals surface area contributed by atoms with E-state index in [1.807, 2.05) is 35.7 Å². The standard InChI is InChI=1S/C15H17N5O2/c1-10-8-19(2)9-12(21-10)15-17-14(18-22-15)11-7-16-13-5-3-4-6-20(11)13/h3-7,10,12H,8-9H2,1-2H3/t10-,12-/m1/s1. The maximum absolute atomic E-state index is 5.90. The molecule has 3 aromatic rings. The van der Waals surface area contributed by atoms with Crippen molar-refractivity contribution in [3.63, 3.8) is 0 Å². The van der Waals surface area contributed by atoms with Gasteiger partial charge in [0.15, 0.2) is 0 Å². The van der Waals surface area contributed by atoms with E-state index in [0.717, 1.165) is 24.4 Å². The minimum Gasteiger partial charge on any atom is -0.363 e. The predicted molar refractivity (Wildman–Crippen MR) is 79.3 cm³/mol. The van der Waals surface area contributed by atoms with Gasteiger partial charge in [0, 0.05) is 19.3 Å². The fraction of sp³-hybridized carbons (Fsp3) is 0.400. The van der Waals surface area contributed by atoms with Crippen LogP contribution in [-0.4, -0.2) is 50.7 Å². The van der Waals surface area contributed by atoms with E-state index < -0.39 is 0 Å². The molecule has 3 aromatic heterocycles. The fourth-order valence-electron chi connectivity index (χ4n) is 2.87. The van der Waals surface area contributed by atoms with Gasteiger partial charge in [-0.25, -0.2) is 4.98 Å². The molecule has 114 valence electrons. The van der Waals surface area contributed by atoms with Crippen LogP contribution < -0.4 is 0 Å². The molecule has 1 aliphatic heterocycles. The van der Waals surface area contributed by atoms with Gasteiger partial charge < -0.3 is 14.2 Å². The number of ether oxygens (including phenoxy) is 1. The van der Waals surface area contributed by atoms with Crippen molar-refractivity contribution >= 4 is 5.65 Å². The zero-order valence-corrected chi connectivity index (χ0v) is 12.5. The van der Waals surface area contributed by atoms with Crippen LogP contribution in [0, 0.1) is 0 Å². The lowest BCUT2D eigenvalue weighted by Gasteiger charge is -2.32. The lowest BCUT2D eigenvalue weighted by Crippen LogP contribution is -2.40. The number of hydrogen-bond acceptors (Lipinski definition) is 6. The number of nitrogens with zero attached hydrogens (tertiary/aromatic N) is 5. The van der Waals surface area contributed by atoms with Gasteiger partial charge in [0.1, 0.15) is 17.4 Å². The molecule has 4 rings (SSSR count). The highest BCUT2D eigenvalue weighted by atomic mass is 16.5. The zero-order valence-electron chi connectivity index (χ0n) is 12.5. The van der Waals surface area contributed by atoms with E-state index in [-0.39, 0.29) is 12.2 Å². The summed E-state index contributed by atoms with van der Waals surface area (Å²) in [5.74, 6) is 1.04. The molecule has 4 heterocycles. The zero-order chi connectivity index (χ0) is 15.1. The Hall–Kier alpha value is -2.25. The van der Waals surface area contributed by atoms with Gasteiger partial charge in [-0.15, -0.1) is 0 Å². The van der Waals surface area contributed by atoms with Crippen LogP contribution in [0.5, 0.6) is 0 Å². The Morgan fingerprint density at radius 2 is 2.18 bits per heavy atom. The molecule has 0 aliphatic carbocycles. The minimum atomic E-state index is -0.186. The first kappa shape index (κ1) is 13.4. The van der Waals surface area contributed by atoms with Gasteiger partial charge in [-0.3, -0.25) is 4.40 Å². The number of morpholine rings is 1. The van der Waals surface area contributed by atoms with E-state index in [1.54, 1.807) is 6.20 Å². The molecule has 0 spiro atoms. The van der Waals surface area contributed by atoms with Crippen molar-refractivity contribution in [1.29, 1.82) is 0 Å². The second-order valence-electron chi connectivity index (χ2n) is 5.69. The molecule has 1 saturated heterocycles. The Kier molecular flexibility index (Phi) is 3.16. The van der Waals surface area contributed by atoms with E-state index >= 15 is 0 Å². The van der Waals surface area contributed by atoms with E-state index in [2.05, 4.69) is 27.1 Å². The Morgan fingerprint density at radius 1 is 1.27 bits per heavy atom. The molecule has 2 atom stereocenters. The summed E-state index contributed by atoms with van der Waals surface area (Å²) in [5, 5.41) is 4.09.